The number of esters is 1. The smallest absolute Gasteiger partial charge is 0.325 e. The van der Waals surface area contributed by atoms with E-state index in [9.17, 15) is 9.59 Å². The van der Waals surface area contributed by atoms with Gasteiger partial charge in [-0.2, -0.15) is 0 Å². The maximum atomic E-state index is 11.7. The van der Waals surface area contributed by atoms with Crippen molar-refractivity contribution in [1.29, 1.82) is 0 Å². The largest absolute Gasteiger partial charge is 0.465 e. The average molecular weight is 229 g/mol. The van der Waals surface area contributed by atoms with E-state index < -0.39 is 0 Å². The molecule has 0 radical (unpaired) electrons. The zero-order valence-electron chi connectivity index (χ0n) is 10.8. The van der Waals surface area contributed by atoms with Crippen molar-refractivity contribution in [2.45, 2.75) is 40.5 Å². The molecule has 0 unspecified atom stereocenters. The average Bonchev–Trinajstić information content (AvgIpc) is 2.22. The topological polar surface area (TPSA) is 46.6 Å². The van der Waals surface area contributed by atoms with Gasteiger partial charge >= 0.3 is 5.97 Å². The van der Waals surface area contributed by atoms with Crippen LogP contribution in [0.2, 0.25) is 0 Å². The first kappa shape index (κ1) is 14.9. The Kier molecular flexibility index (Phi) is 7.60. The van der Waals surface area contributed by atoms with Crippen molar-refractivity contribution in [2.24, 2.45) is 5.92 Å². The number of carbonyl (C=O) groups is 2. The minimum Gasteiger partial charge on any atom is -0.465 e. The molecule has 1 amide bonds. The summed E-state index contributed by atoms with van der Waals surface area (Å²) in [7, 11) is 0. The van der Waals surface area contributed by atoms with Crippen LogP contribution in [0.25, 0.3) is 0 Å². The number of hydrogen-bond acceptors (Lipinski definition) is 3. The molecule has 0 aromatic heterocycles. The van der Waals surface area contributed by atoms with Gasteiger partial charge in [-0.3, -0.25) is 9.59 Å². The van der Waals surface area contributed by atoms with Gasteiger partial charge in [0.05, 0.1) is 6.61 Å². The first-order valence-corrected chi connectivity index (χ1v) is 5.94. The van der Waals surface area contributed by atoms with Crippen LogP contribution in [0.3, 0.4) is 0 Å². The highest BCUT2D eigenvalue weighted by molar-refractivity contribution is 5.82. The fraction of sp³-hybridized carbons (Fsp3) is 0.833. The van der Waals surface area contributed by atoms with Crippen LogP contribution in [0, 0.1) is 5.92 Å². The molecule has 0 aliphatic heterocycles. The van der Waals surface area contributed by atoms with Crippen molar-refractivity contribution in [3.63, 3.8) is 0 Å². The maximum absolute atomic E-state index is 11.7. The highest BCUT2D eigenvalue weighted by atomic mass is 16.5. The van der Waals surface area contributed by atoms with Gasteiger partial charge in [0.15, 0.2) is 0 Å². The third kappa shape index (κ3) is 6.43. The lowest BCUT2D eigenvalue weighted by Crippen LogP contribution is -2.36. The molecule has 4 nitrogen and oxygen atoms in total. The van der Waals surface area contributed by atoms with Crippen molar-refractivity contribution in [3.8, 4) is 0 Å². The Hall–Kier alpha value is -1.06. The van der Waals surface area contributed by atoms with E-state index in [1.807, 2.05) is 6.92 Å². The Morgan fingerprint density at radius 1 is 1.25 bits per heavy atom. The lowest BCUT2D eigenvalue weighted by molar-refractivity contribution is -0.148. The SMILES string of the molecule is CCOC(=O)CN(CC)C(=O)CCC(C)C. The molecule has 94 valence electrons. The second kappa shape index (κ2) is 8.13. The van der Waals surface area contributed by atoms with E-state index >= 15 is 0 Å². The van der Waals surface area contributed by atoms with Gasteiger partial charge in [0.2, 0.25) is 5.91 Å². The van der Waals surface area contributed by atoms with Gasteiger partial charge in [0.1, 0.15) is 6.54 Å². The quantitative estimate of drug-likeness (QED) is 0.626. The van der Waals surface area contributed by atoms with E-state index in [1.165, 1.54) is 0 Å². The molecule has 4 heteroatoms. The molecular formula is C12H23NO3. The fourth-order valence-corrected chi connectivity index (χ4v) is 1.31. The molecule has 0 rings (SSSR count). The number of rotatable bonds is 7. The van der Waals surface area contributed by atoms with E-state index in [0.29, 0.717) is 25.5 Å². The molecule has 0 saturated heterocycles. The molecule has 0 fully saturated rings. The van der Waals surface area contributed by atoms with Crippen molar-refractivity contribution >= 4 is 11.9 Å². The molecule has 0 spiro atoms. The molecule has 0 N–H and O–H groups in total. The third-order valence-electron chi connectivity index (χ3n) is 2.30. The van der Waals surface area contributed by atoms with Crippen LogP contribution < -0.4 is 0 Å². The Morgan fingerprint density at radius 3 is 2.31 bits per heavy atom. The van der Waals surface area contributed by atoms with Crippen molar-refractivity contribution < 1.29 is 14.3 Å². The summed E-state index contributed by atoms with van der Waals surface area (Å²) in [5.74, 6) is 0.205. The maximum Gasteiger partial charge on any atom is 0.325 e. The second-order valence-electron chi connectivity index (χ2n) is 4.15. The predicted molar refractivity (Wildman–Crippen MR) is 63.0 cm³/mol. The molecule has 0 saturated carbocycles. The van der Waals surface area contributed by atoms with E-state index in [4.69, 9.17) is 4.74 Å². The number of ether oxygens (including phenoxy) is 1. The Balaban J connectivity index is 4.06. The predicted octanol–water partition coefficient (Wildman–Crippen LogP) is 1.83. The Morgan fingerprint density at radius 2 is 1.88 bits per heavy atom. The van der Waals surface area contributed by atoms with E-state index in [0.717, 1.165) is 6.42 Å². The van der Waals surface area contributed by atoms with Crippen molar-refractivity contribution in [2.75, 3.05) is 19.7 Å². The molecule has 0 bridgehead atoms. The zero-order chi connectivity index (χ0) is 12.6. The third-order valence-corrected chi connectivity index (χ3v) is 2.30. The second-order valence-corrected chi connectivity index (χ2v) is 4.15. The van der Waals surface area contributed by atoms with Gasteiger partial charge in [-0.05, 0) is 26.2 Å². The summed E-state index contributed by atoms with van der Waals surface area (Å²) >= 11 is 0. The molecule has 0 aliphatic rings. The van der Waals surface area contributed by atoms with Crippen molar-refractivity contribution in [1.82, 2.24) is 4.90 Å². The summed E-state index contributed by atoms with van der Waals surface area (Å²) in [6, 6.07) is 0. The van der Waals surface area contributed by atoms with Gasteiger partial charge < -0.3 is 9.64 Å². The minimum atomic E-state index is -0.331. The summed E-state index contributed by atoms with van der Waals surface area (Å²) in [5.41, 5.74) is 0. The lowest BCUT2D eigenvalue weighted by atomic mass is 10.1. The molecule has 0 aromatic rings. The summed E-state index contributed by atoms with van der Waals surface area (Å²) < 4.78 is 4.82. The van der Waals surface area contributed by atoms with Crippen LogP contribution in [-0.4, -0.2) is 36.5 Å². The number of likely N-dealkylation sites (N-methyl/N-ethyl adjacent to an activating group) is 1. The standard InChI is InChI=1S/C12H23NO3/c1-5-13(9-12(15)16-6-2)11(14)8-7-10(3)4/h10H,5-9H2,1-4H3. The van der Waals surface area contributed by atoms with Crippen molar-refractivity contribution in [3.05, 3.63) is 0 Å². The molecule has 0 atom stereocenters. The molecule has 0 aromatic carbocycles. The van der Waals surface area contributed by atoms with Crippen LogP contribution in [-0.2, 0) is 14.3 Å². The zero-order valence-corrected chi connectivity index (χ0v) is 10.8. The highest BCUT2D eigenvalue weighted by Gasteiger charge is 2.15. The van der Waals surface area contributed by atoms with Gasteiger partial charge in [0, 0.05) is 13.0 Å². The monoisotopic (exact) mass is 229 g/mol. The van der Waals surface area contributed by atoms with Crippen LogP contribution in [0.15, 0.2) is 0 Å². The van der Waals surface area contributed by atoms with Crippen LogP contribution >= 0.6 is 0 Å². The van der Waals surface area contributed by atoms with Crippen LogP contribution in [0.1, 0.15) is 40.5 Å². The van der Waals surface area contributed by atoms with E-state index in [-0.39, 0.29) is 18.4 Å². The van der Waals surface area contributed by atoms with Gasteiger partial charge in [-0.25, -0.2) is 0 Å². The van der Waals surface area contributed by atoms with Gasteiger partial charge in [-0.15, -0.1) is 0 Å². The summed E-state index contributed by atoms with van der Waals surface area (Å²) in [6.07, 6.45) is 1.36. The summed E-state index contributed by atoms with van der Waals surface area (Å²) in [6.45, 7) is 8.76. The molecule has 16 heavy (non-hydrogen) atoms. The number of hydrogen-bond donors (Lipinski definition) is 0. The first-order chi connectivity index (χ1) is 7.51. The summed E-state index contributed by atoms with van der Waals surface area (Å²) in [5, 5.41) is 0. The number of amides is 1. The van der Waals surface area contributed by atoms with Crippen LogP contribution in [0.4, 0.5) is 0 Å². The highest BCUT2D eigenvalue weighted by Crippen LogP contribution is 2.06. The van der Waals surface area contributed by atoms with E-state index in [2.05, 4.69) is 13.8 Å². The first-order valence-electron chi connectivity index (χ1n) is 5.94. The molecule has 0 aliphatic carbocycles. The van der Waals surface area contributed by atoms with Gasteiger partial charge in [-0.1, -0.05) is 13.8 Å². The van der Waals surface area contributed by atoms with Crippen LogP contribution in [0.5, 0.6) is 0 Å². The Labute approximate surface area is 98.0 Å². The number of nitrogens with zero attached hydrogens (tertiary/aromatic N) is 1. The molecule has 0 heterocycles. The fourth-order valence-electron chi connectivity index (χ4n) is 1.31. The lowest BCUT2D eigenvalue weighted by Gasteiger charge is -2.20. The Bertz CT molecular complexity index is 226. The normalized spacial score (nSPS) is 10.3. The summed E-state index contributed by atoms with van der Waals surface area (Å²) in [4.78, 5) is 24.5. The number of carbonyl (C=O) groups excluding carboxylic acids is 2. The van der Waals surface area contributed by atoms with Gasteiger partial charge in [0.25, 0.3) is 0 Å². The van der Waals surface area contributed by atoms with E-state index in [1.54, 1.807) is 11.8 Å². The minimum absolute atomic E-state index is 0.0317. The molecular weight excluding hydrogens is 206 g/mol.